The Morgan fingerprint density at radius 1 is 1.00 bits per heavy atom. The molecule has 0 heterocycles. The van der Waals surface area contributed by atoms with Crippen LogP contribution in [0.15, 0.2) is 0 Å². The second-order valence-corrected chi connectivity index (χ2v) is 5.74. The van der Waals surface area contributed by atoms with Crippen molar-refractivity contribution >= 4 is 19.5 Å². The van der Waals surface area contributed by atoms with E-state index in [1.807, 2.05) is 0 Å². The number of hydrogen-bond acceptors (Lipinski definition) is 7. The normalized spacial score (nSPS) is 11.4. The molecule has 0 N–H and O–H groups in total. The second kappa shape index (κ2) is 9.07. The molecule has 19 heavy (non-hydrogen) atoms. The number of carbonyl (C=O) groups is 2. The summed E-state index contributed by atoms with van der Waals surface area (Å²) in [6.07, 6.45) is -0.0693. The molecule has 0 aromatic carbocycles. The Hall–Kier alpha value is -0.910. The van der Waals surface area contributed by atoms with Crippen LogP contribution in [0.5, 0.6) is 0 Å². The summed E-state index contributed by atoms with van der Waals surface area (Å²) in [4.78, 5) is 22.9. The van der Waals surface area contributed by atoms with Crippen molar-refractivity contribution in [2.45, 2.75) is 20.3 Å². The number of ether oxygens (including phenoxy) is 2. The highest BCUT2D eigenvalue weighted by molar-refractivity contribution is 7.53. The summed E-state index contributed by atoms with van der Waals surface area (Å²) in [6, 6.07) is 0. The molecule has 0 bridgehead atoms. The molecule has 0 saturated heterocycles. The summed E-state index contributed by atoms with van der Waals surface area (Å²) in [5, 5.41) is 0. The quantitative estimate of drug-likeness (QED) is 0.363. The number of carbonyl (C=O) groups excluding carboxylic acids is 2. The van der Waals surface area contributed by atoms with E-state index in [4.69, 9.17) is 9.05 Å². The predicted molar refractivity (Wildman–Crippen MR) is 67.9 cm³/mol. The maximum atomic E-state index is 12.2. The first kappa shape index (κ1) is 18.1. The summed E-state index contributed by atoms with van der Waals surface area (Å²) in [5.74, 6) is -2.58. The first-order valence-electron chi connectivity index (χ1n) is 5.97. The molecule has 0 spiro atoms. The van der Waals surface area contributed by atoms with Gasteiger partial charge >= 0.3 is 19.5 Å². The van der Waals surface area contributed by atoms with Crippen LogP contribution < -0.4 is 0 Å². The largest absolute Gasteiger partial charge is 0.468 e. The van der Waals surface area contributed by atoms with Gasteiger partial charge in [0.05, 0.1) is 33.6 Å². The molecule has 0 rings (SSSR count). The van der Waals surface area contributed by atoms with Crippen LogP contribution in [0.1, 0.15) is 20.3 Å². The van der Waals surface area contributed by atoms with Crippen LogP contribution in [0.4, 0.5) is 0 Å². The third kappa shape index (κ3) is 6.18. The molecule has 0 radical (unpaired) electrons. The van der Waals surface area contributed by atoms with E-state index in [2.05, 4.69) is 9.47 Å². The molecule has 8 heteroatoms. The van der Waals surface area contributed by atoms with E-state index in [0.29, 0.717) is 0 Å². The lowest BCUT2D eigenvalue weighted by Crippen LogP contribution is -2.27. The highest BCUT2D eigenvalue weighted by atomic mass is 31.2. The Kier molecular flexibility index (Phi) is 8.63. The van der Waals surface area contributed by atoms with Crippen molar-refractivity contribution < 1.29 is 32.7 Å². The average Bonchev–Trinajstić information content (AvgIpc) is 2.38. The SMILES string of the molecule is CCOP(=O)(CCC(C(=O)OC)C(=O)OC)OCC. The molecule has 112 valence electrons. The zero-order chi connectivity index (χ0) is 14.9. The van der Waals surface area contributed by atoms with Gasteiger partial charge < -0.3 is 18.5 Å². The maximum Gasteiger partial charge on any atom is 0.330 e. The van der Waals surface area contributed by atoms with Crippen molar-refractivity contribution in [1.29, 1.82) is 0 Å². The molecule has 0 amide bonds. The van der Waals surface area contributed by atoms with E-state index in [1.54, 1.807) is 13.8 Å². The molecule has 0 aromatic heterocycles. The Balaban J connectivity index is 4.72. The van der Waals surface area contributed by atoms with Gasteiger partial charge in [0.2, 0.25) is 0 Å². The fourth-order valence-corrected chi connectivity index (χ4v) is 3.16. The third-order valence-electron chi connectivity index (χ3n) is 2.31. The molecule has 0 aliphatic rings. The lowest BCUT2D eigenvalue weighted by Gasteiger charge is -2.18. The van der Waals surface area contributed by atoms with Gasteiger partial charge in [-0.1, -0.05) is 0 Å². The Bertz CT molecular complexity index is 316. The lowest BCUT2D eigenvalue weighted by molar-refractivity contribution is -0.158. The minimum absolute atomic E-state index is 0.0172. The molecule has 0 aliphatic heterocycles. The van der Waals surface area contributed by atoms with Crippen molar-refractivity contribution in [2.75, 3.05) is 33.6 Å². The Morgan fingerprint density at radius 3 is 1.74 bits per heavy atom. The first-order chi connectivity index (χ1) is 8.94. The van der Waals surface area contributed by atoms with Crippen molar-refractivity contribution in [2.24, 2.45) is 5.92 Å². The molecule has 0 saturated carbocycles. The highest BCUT2D eigenvalue weighted by Gasteiger charge is 2.33. The van der Waals surface area contributed by atoms with E-state index in [9.17, 15) is 14.2 Å². The van der Waals surface area contributed by atoms with Gasteiger partial charge in [0.25, 0.3) is 0 Å². The van der Waals surface area contributed by atoms with Crippen molar-refractivity contribution in [1.82, 2.24) is 0 Å². The molecule has 0 atom stereocenters. The van der Waals surface area contributed by atoms with Crippen LogP contribution >= 0.6 is 7.60 Å². The standard InChI is InChI=1S/C11H21O7P/c1-5-17-19(14,18-6-2)8-7-9(10(12)15-3)11(13)16-4/h9H,5-8H2,1-4H3. The van der Waals surface area contributed by atoms with Gasteiger partial charge in [-0.05, 0) is 20.3 Å². The van der Waals surface area contributed by atoms with E-state index in [1.165, 1.54) is 14.2 Å². The molecular weight excluding hydrogens is 275 g/mol. The van der Waals surface area contributed by atoms with Crippen molar-refractivity contribution in [3.63, 3.8) is 0 Å². The van der Waals surface area contributed by atoms with Crippen LogP contribution in [-0.4, -0.2) is 45.5 Å². The van der Waals surface area contributed by atoms with Crippen molar-refractivity contribution in [3.8, 4) is 0 Å². The second-order valence-electron chi connectivity index (χ2n) is 3.56. The van der Waals surface area contributed by atoms with Gasteiger partial charge in [-0.15, -0.1) is 0 Å². The first-order valence-corrected chi connectivity index (χ1v) is 7.70. The molecule has 7 nitrogen and oxygen atoms in total. The maximum absolute atomic E-state index is 12.2. The minimum Gasteiger partial charge on any atom is -0.468 e. The van der Waals surface area contributed by atoms with Gasteiger partial charge in [0.15, 0.2) is 5.92 Å². The van der Waals surface area contributed by atoms with Crippen molar-refractivity contribution in [3.05, 3.63) is 0 Å². The number of rotatable bonds is 9. The summed E-state index contributed by atoms with van der Waals surface area (Å²) < 4.78 is 31.4. The molecule has 0 aromatic rings. The number of hydrogen-bond donors (Lipinski definition) is 0. The Morgan fingerprint density at radius 2 is 1.42 bits per heavy atom. The van der Waals surface area contributed by atoms with E-state index in [-0.39, 0.29) is 25.8 Å². The highest BCUT2D eigenvalue weighted by Crippen LogP contribution is 2.49. The van der Waals surface area contributed by atoms with Gasteiger partial charge in [0, 0.05) is 0 Å². The van der Waals surface area contributed by atoms with E-state index in [0.717, 1.165) is 0 Å². The number of methoxy groups -OCH3 is 2. The summed E-state index contributed by atoms with van der Waals surface area (Å²) in [5.41, 5.74) is 0. The van der Waals surface area contributed by atoms with Gasteiger partial charge in [-0.3, -0.25) is 14.2 Å². The summed E-state index contributed by atoms with van der Waals surface area (Å²) >= 11 is 0. The fourth-order valence-electron chi connectivity index (χ4n) is 1.46. The summed E-state index contributed by atoms with van der Waals surface area (Å²) in [6.45, 7) is 3.81. The lowest BCUT2D eigenvalue weighted by atomic mass is 10.1. The zero-order valence-electron chi connectivity index (χ0n) is 11.7. The molecule has 0 unspecified atom stereocenters. The molecule has 0 aliphatic carbocycles. The minimum atomic E-state index is -3.29. The third-order valence-corrected chi connectivity index (χ3v) is 4.42. The van der Waals surface area contributed by atoms with Gasteiger partial charge in [0.1, 0.15) is 0 Å². The van der Waals surface area contributed by atoms with E-state index < -0.39 is 25.5 Å². The Labute approximate surface area is 113 Å². The monoisotopic (exact) mass is 296 g/mol. The molecule has 0 fully saturated rings. The summed E-state index contributed by atoms with van der Waals surface area (Å²) in [7, 11) is -0.950. The average molecular weight is 296 g/mol. The van der Waals surface area contributed by atoms with Crippen LogP contribution in [0.2, 0.25) is 0 Å². The van der Waals surface area contributed by atoms with Crippen LogP contribution in [-0.2, 0) is 32.7 Å². The van der Waals surface area contributed by atoms with Crippen LogP contribution in [0, 0.1) is 5.92 Å². The van der Waals surface area contributed by atoms with Crippen LogP contribution in [0.3, 0.4) is 0 Å². The van der Waals surface area contributed by atoms with Gasteiger partial charge in [-0.2, -0.15) is 0 Å². The number of esters is 2. The predicted octanol–water partition coefficient (Wildman–Crippen LogP) is 1.60. The van der Waals surface area contributed by atoms with E-state index >= 15 is 0 Å². The smallest absolute Gasteiger partial charge is 0.330 e. The fraction of sp³-hybridized carbons (Fsp3) is 0.818. The van der Waals surface area contributed by atoms with Gasteiger partial charge in [-0.25, -0.2) is 0 Å². The van der Waals surface area contributed by atoms with Crippen LogP contribution in [0.25, 0.3) is 0 Å². The molecular formula is C11H21O7P. The zero-order valence-corrected chi connectivity index (χ0v) is 12.6. The topological polar surface area (TPSA) is 88.1 Å².